The van der Waals surface area contributed by atoms with Crippen molar-refractivity contribution in [2.24, 2.45) is 0 Å². The number of fused-ring (bicyclic) bond motifs is 1. The molecule has 1 aliphatic heterocycles. The molecular formula is C19H18ClNO4. The van der Waals surface area contributed by atoms with Crippen LogP contribution >= 0.6 is 11.6 Å². The van der Waals surface area contributed by atoms with Crippen LogP contribution in [0.3, 0.4) is 0 Å². The van der Waals surface area contributed by atoms with E-state index < -0.39 is 12.1 Å². The average molecular weight is 360 g/mol. The highest BCUT2D eigenvalue weighted by molar-refractivity contribution is 6.31. The number of aromatic hydroxyl groups is 1. The number of hydrogen-bond donors (Lipinski definition) is 1. The van der Waals surface area contributed by atoms with Crippen LogP contribution in [0, 0.1) is 0 Å². The molecule has 2 aromatic carbocycles. The largest absolute Gasteiger partial charge is 0.507 e. The zero-order valence-corrected chi connectivity index (χ0v) is 14.7. The van der Waals surface area contributed by atoms with Crippen molar-refractivity contribution >= 4 is 29.2 Å². The zero-order valence-electron chi connectivity index (χ0n) is 13.9. The van der Waals surface area contributed by atoms with Crippen LogP contribution < -0.4 is 4.90 Å². The number of para-hydroxylation sites is 1. The van der Waals surface area contributed by atoms with Crippen LogP contribution in [0.5, 0.6) is 5.75 Å². The van der Waals surface area contributed by atoms with E-state index in [1.165, 1.54) is 25.1 Å². The highest BCUT2D eigenvalue weighted by Crippen LogP contribution is 2.32. The monoisotopic (exact) mass is 359 g/mol. The number of benzene rings is 2. The first-order valence-corrected chi connectivity index (χ1v) is 8.36. The second kappa shape index (κ2) is 6.76. The maximum atomic E-state index is 12.8. The molecule has 130 valence electrons. The van der Waals surface area contributed by atoms with Crippen LogP contribution in [-0.4, -0.2) is 29.1 Å². The third-order valence-corrected chi connectivity index (χ3v) is 4.49. The summed E-state index contributed by atoms with van der Waals surface area (Å²) in [6.45, 7) is 3.48. The Morgan fingerprint density at radius 3 is 2.76 bits per heavy atom. The molecule has 5 nitrogen and oxygen atoms in total. The van der Waals surface area contributed by atoms with Crippen molar-refractivity contribution in [3.63, 3.8) is 0 Å². The summed E-state index contributed by atoms with van der Waals surface area (Å²) in [5.74, 6) is -1.33. The summed E-state index contributed by atoms with van der Waals surface area (Å²) in [7, 11) is 0. The minimum Gasteiger partial charge on any atom is -0.507 e. The number of amides is 1. The predicted molar refractivity (Wildman–Crippen MR) is 95.1 cm³/mol. The van der Waals surface area contributed by atoms with E-state index >= 15 is 0 Å². The SMILES string of the molecule is C[C@@H](OC(=O)c1cc(Cl)ccc1O)C(=O)N1c2ccccc2C[C@@H]1C. The number of esters is 1. The van der Waals surface area contributed by atoms with Gasteiger partial charge in [0, 0.05) is 16.8 Å². The molecule has 0 saturated carbocycles. The van der Waals surface area contributed by atoms with Gasteiger partial charge >= 0.3 is 5.97 Å². The minimum atomic E-state index is -0.987. The summed E-state index contributed by atoms with van der Waals surface area (Å²) >= 11 is 5.84. The maximum Gasteiger partial charge on any atom is 0.342 e. The van der Waals surface area contributed by atoms with E-state index in [-0.39, 0.29) is 23.3 Å². The highest BCUT2D eigenvalue weighted by Gasteiger charge is 2.34. The molecule has 2 aromatic rings. The molecule has 0 aromatic heterocycles. The van der Waals surface area contributed by atoms with Crippen LogP contribution in [0.4, 0.5) is 5.69 Å². The molecule has 1 aliphatic rings. The summed E-state index contributed by atoms with van der Waals surface area (Å²) in [4.78, 5) is 26.7. The Kier molecular flexibility index (Phi) is 4.68. The minimum absolute atomic E-state index is 0.00868. The number of anilines is 1. The lowest BCUT2D eigenvalue weighted by Crippen LogP contribution is -2.43. The maximum absolute atomic E-state index is 12.8. The lowest BCUT2D eigenvalue weighted by molar-refractivity contribution is -0.126. The smallest absolute Gasteiger partial charge is 0.342 e. The second-order valence-corrected chi connectivity index (χ2v) is 6.54. The third kappa shape index (κ3) is 3.33. The van der Waals surface area contributed by atoms with E-state index in [9.17, 15) is 14.7 Å². The highest BCUT2D eigenvalue weighted by atomic mass is 35.5. The van der Waals surface area contributed by atoms with Gasteiger partial charge in [-0.3, -0.25) is 4.79 Å². The Morgan fingerprint density at radius 2 is 2.00 bits per heavy atom. The van der Waals surface area contributed by atoms with Crippen molar-refractivity contribution in [1.82, 2.24) is 0 Å². The molecule has 0 spiro atoms. The third-order valence-electron chi connectivity index (χ3n) is 4.25. The first-order chi connectivity index (χ1) is 11.9. The fourth-order valence-corrected chi connectivity index (χ4v) is 3.22. The number of ether oxygens (including phenoxy) is 1. The first-order valence-electron chi connectivity index (χ1n) is 7.99. The van der Waals surface area contributed by atoms with Gasteiger partial charge in [0.15, 0.2) is 6.10 Å². The second-order valence-electron chi connectivity index (χ2n) is 6.10. The molecule has 6 heteroatoms. The zero-order chi connectivity index (χ0) is 18.1. The number of carbonyl (C=O) groups excluding carboxylic acids is 2. The summed E-state index contributed by atoms with van der Waals surface area (Å²) in [6.07, 6.45) is -0.225. The lowest BCUT2D eigenvalue weighted by Gasteiger charge is -2.26. The van der Waals surface area contributed by atoms with Crippen molar-refractivity contribution < 1.29 is 19.4 Å². The van der Waals surface area contributed by atoms with Crippen molar-refractivity contribution in [3.05, 3.63) is 58.6 Å². The van der Waals surface area contributed by atoms with Gasteiger partial charge in [-0.1, -0.05) is 29.8 Å². The lowest BCUT2D eigenvalue weighted by atomic mass is 10.1. The van der Waals surface area contributed by atoms with Crippen LogP contribution in [0.25, 0.3) is 0 Å². The standard InChI is InChI=1S/C19H18ClNO4/c1-11-9-13-5-3-4-6-16(13)21(11)18(23)12(2)25-19(24)15-10-14(20)7-8-17(15)22/h3-8,10-12,22H,9H2,1-2H3/t11-,12+/m0/s1. The molecule has 0 bridgehead atoms. The molecule has 2 atom stereocenters. The fraction of sp³-hybridized carbons (Fsp3) is 0.263. The van der Waals surface area contributed by atoms with Crippen LogP contribution in [0.15, 0.2) is 42.5 Å². The average Bonchev–Trinajstić information content (AvgIpc) is 2.91. The first kappa shape index (κ1) is 17.3. The number of phenols is 1. The van der Waals surface area contributed by atoms with Gasteiger partial charge in [0.1, 0.15) is 11.3 Å². The van der Waals surface area contributed by atoms with Gasteiger partial charge in [0.2, 0.25) is 0 Å². The number of nitrogens with zero attached hydrogens (tertiary/aromatic N) is 1. The number of hydrogen-bond acceptors (Lipinski definition) is 4. The van der Waals surface area contributed by atoms with Gasteiger partial charge in [0.25, 0.3) is 5.91 Å². The quantitative estimate of drug-likeness (QED) is 0.851. The van der Waals surface area contributed by atoms with Gasteiger partial charge < -0.3 is 14.7 Å². The Labute approximate surface area is 150 Å². The molecule has 1 amide bonds. The van der Waals surface area contributed by atoms with Crippen molar-refractivity contribution in [3.8, 4) is 5.75 Å². The number of phenolic OH excluding ortho intramolecular Hbond substituents is 1. The van der Waals surface area contributed by atoms with Gasteiger partial charge in [0.05, 0.1) is 0 Å². The van der Waals surface area contributed by atoms with Gasteiger partial charge in [-0.25, -0.2) is 4.79 Å². The van der Waals surface area contributed by atoms with Crippen molar-refractivity contribution in [2.75, 3.05) is 4.90 Å². The van der Waals surface area contributed by atoms with E-state index in [1.54, 1.807) is 4.90 Å². The molecule has 1 N–H and O–H groups in total. The molecule has 1 heterocycles. The molecule has 0 unspecified atom stereocenters. The normalized spacial score (nSPS) is 17.1. The molecular weight excluding hydrogens is 342 g/mol. The van der Waals surface area contributed by atoms with E-state index in [4.69, 9.17) is 16.3 Å². The molecule has 25 heavy (non-hydrogen) atoms. The van der Waals surface area contributed by atoms with Crippen molar-refractivity contribution in [1.29, 1.82) is 0 Å². The Bertz CT molecular complexity index is 836. The number of carbonyl (C=O) groups is 2. The van der Waals surface area contributed by atoms with Gasteiger partial charge in [-0.05, 0) is 50.1 Å². The van der Waals surface area contributed by atoms with Crippen LogP contribution in [0.1, 0.15) is 29.8 Å². The van der Waals surface area contributed by atoms with Gasteiger partial charge in [-0.2, -0.15) is 0 Å². The molecule has 0 fully saturated rings. The van der Waals surface area contributed by atoms with Crippen LogP contribution in [-0.2, 0) is 16.0 Å². The van der Waals surface area contributed by atoms with E-state index in [0.717, 1.165) is 17.7 Å². The fourth-order valence-electron chi connectivity index (χ4n) is 3.04. The Hall–Kier alpha value is -2.53. The van der Waals surface area contributed by atoms with E-state index in [0.29, 0.717) is 5.02 Å². The summed E-state index contributed by atoms with van der Waals surface area (Å²) < 4.78 is 5.26. The Morgan fingerprint density at radius 1 is 1.28 bits per heavy atom. The molecule has 0 radical (unpaired) electrons. The number of halogens is 1. The number of rotatable bonds is 3. The molecule has 0 saturated heterocycles. The summed E-state index contributed by atoms with van der Waals surface area (Å²) in [6, 6.07) is 11.8. The topological polar surface area (TPSA) is 66.8 Å². The van der Waals surface area contributed by atoms with Crippen LogP contribution in [0.2, 0.25) is 5.02 Å². The van der Waals surface area contributed by atoms with E-state index in [2.05, 4.69) is 0 Å². The molecule has 3 rings (SSSR count). The molecule has 0 aliphatic carbocycles. The summed E-state index contributed by atoms with van der Waals surface area (Å²) in [5, 5.41) is 10.1. The summed E-state index contributed by atoms with van der Waals surface area (Å²) in [5.41, 5.74) is 1.87. The Balaban J connectivity index is 1.77. The van der Waals surface area contributed by atoms with Crippen molar-refractivity contribution in [2.45, 2.75) is 32.4 Å². The van der Waals surface area contributed by atoms with Gasteiger partial charge in [-0.15, -0.1) is 0 Å². The predicted octanol–water partition coefficient (Wildman–Crippen LogP) is 3.57. The van der Waals surface area contributed by atoms with E-state index in [1.807, 2.05) is 31.2 Å².